The normalized spacial score (nSPS) is 21.4. The summed E-state index contributed by atoms with van der Waals surface area (Å²) in [6, 6.07) is 4.10. The van der Waals surface area contributed by atoms with Gasteiger partial charge in [0.25, 0.3) is 0 Å². The Morgan fingerprint density at radius 2 is 2.22 bits per heavy atom. The number of aromatic nitrogens is 1. The number of thioether (sulfide) groups is 1. The molecule has 100 valence electrons. The molecular formula is C14H23N3S. The SMILES string of the molecule is C[C@@H](N)c1cccnc1N1CCSC(C)(C)CC1. The van der Waals surface area contributed by atoms with Crippen LogP contribution in [0.15, 0.2) is 18.3 Å². The van der Waals surface area contributed by atoms with E-state index in [1.54, 1.807) is 0 Å². The Morgan fingerprint density at radius 1 is 1.44 bits per heavy atom. The lowest BCUT2D eigenvalue weighted by Gasteiger charge is -2.26. The smallest absolute Gasteiger partial charge is 0.133 e. The van der Waals surface area contributed by atoms with E-state index in [4.69, 9.17) is 5.73 Å². The van der Waals surface area contributed by atoms with Gasteiger partial charge in [-0.2, -0.15) is 11.8 Å². The van der Waals surface area contributed by atoms with Crippen molar-refractivity contribution >= 4 is 17.6 Å². The van der Waals surface area contributed by atoms with Gasteiger partial charge < -0.3 is 10.6 Å². The van der Waals surface area contributed by atoms with Gasteiger partial charge in [0.15, 0.2) is 0 Å². The molecule has 0 amide bonds. The van der Waals surface area contributed by atoms with Gasteiger partial charge in [-0.3, -0.25) is 0 Å². The van der Waals surface area contributed by atoms with E-state index >= 15 is 0 Å². The Labute approximate surface area is 114 Å². The van der Waals surface area contributed by atoms with Gasteiger partial charge in [-0.15, -0.1) is 0 Å². The first kappa shape index (κ1) is 13.7. The summed E-state index contributed by atoms with van der Waals surface area (Å²) < 4.78 is 0.373. The van der Waals surface area contributed by atoms with E-state index in [9.17, 15) is 0 Å². The highest BCUT2D eigenvalue weighted by atomic mass is 32.2. The summed E-state index contributed by atoms with van der Waals surface area (Å²) in [5.41, 5.74) is 7.20. The van der Waals surface area contributed by atoms with E-state index in [1.165, 1.54) is 6.42 Å². The Balaban J connectivity index is 2.21. The molecule has 2 N–H and O–H groups in total. The number of pyridine rings is 1. The van der Waals surface area contributed by atoms with E-state index < -0.39 is 0 Å². The minimum Gasteiger partial charge on any atom is -0.355 e. The molecule has 1 aromatic rings. The maximum absolute atomic E-state index is 6.04. The third-order valence-corrected chi connectivity index (χ3v) is 4.82. The molecule has 3 nitrogen and oxygen atoms in total. The fraction of sp³-hybridized carbons (Fsp3) is 0.643. The Kier molecular flexibility index (Phi) is 4.17. The van der Waals surface area contributed by atoms with E-state index in [0.29, 0.717) is 4.75 Å². The lowest BCUT2D eigenvalue weighted by atomic mass is 10.1. The number of nitrogens with zero attached hydrogens (tertiary/aromatic N) is 2. The molecule has 1 aromatic heterocycles. The molecule has 4 heteroatoms. The summed E-state index contributed by atoms with van der Waals surface area (Å²) in [4.78, 5) is 6.94. The van der Waals surface area contributed by atoms with Crippen molar-refractivity contribution in [3.63, 3.8) is 0 Å². The Hall–Kier alpha value is -0.740. The molecule has 1 fully saturated rings. The Bertz CT molecular complexity index is 404. The highest BCUT2D eigenvalue weighted by Crippen LogP contribution is 2.33. The van der Waals surface area contributed by atoms with Crippen LogP contribution in [0.2, 0.25) is 0 Å². The molecule has 0 radical (unpaired) electrons. The van der Waals surface area contributed by atoms with Crippen molar-refractivity contribution in [1.82, 2.24) is 4.98 Å². The first-order valence-electron chi connectivity index (χ1n) is 6.59. The van der Waals surface area contributed by atoms with Crippen LogP contribution in [0.1, 0.15) is 38.8 Å². The standard InChI is InChI=1S/C14H23N3S/c1-11(15)12-5-4-7-16-13(12)17-8-6-14(2,3)18-10-9-17/h4-5,7,11H,6,8-10,15H2,1-3H3/t11-/m1/s1. The van der Waals surface area contributed by atoms with E-state index in [-0.39, 0.29) is 6.04 Å². The number of hydrogen-bond acceptors (Lipinski definition) is 4. The van der Waals surface area contributed by atoms with Crippen LogP contribution in [-0.2, 0) is 0 Å². The molecule has 2 heterocycles. The minimum atomic E-state index is 0.0395. The van der Waals surface area contributed by atoms with E-state index in [2.05, 4.69) is 41.6 Å². The van der Waals surface area contributed by atoms with Crippen LogP contribution in [0.4, 0.5) is 5.82 Å². The summed E-state index contributed by atoms with van der Waals surface area (Å²) in [6.07, 6.45) is 3.05. The van der Waals surface area contributed by atoms with Crippen molar-refractivity contribution in [2.75, 3.05) is 23.7 Å². The van der Waals surface area contributed by atoms with E-state index in [1.807, 2.05) is 19.2 Å². The summed E-state index contributed by atoms with van der Waals surface area (Å²) in [7, 11) is 0. The molecule has 1 aliphatic rings. The Morgan fingerprint density at radius 3 is 2.94 bits per heavy atom. The third kappa shape index (κ3) is 3.18. The number of anilines is 1. The zero-order chi connectivity index (χ0) is 13.2. The second-order valence-corrected chi connectivity index (χ2v) is 7.35. The van der Waals surface area contributed by atoms with Gasteiger partial charge in [0.2, 0.25) is 0 Å². The highest BCUT2D eigenvalue weighted by molar-refractivity contribution is 8.00. The first-order chi connectivity index (χ1) is 8.49. The van der Waals surface area contributed by atoms with Crippen LogP contribution < -0.4 is 10.6 Å². The molecule has 0 unspecified atom stereocenters. The average Bonchev–Trinajstić information content (AvgIpc) is 2.50. The number of rotatable bonds is 2. The number of nitrogens with two attached hydrogens (primary N) is 1. The summed E-state index contributed by atoms with van der Waals surface area (Å²) in [5.74, 6) is 2.23. The van der Waals surface area contributed by atoms with Crippen LogP contribution in [0.25, 0.3) is 0 Å². The van der Waals surface area contributed by atoms with Crippen molar-refractivity contribution in [2.24, 2.45) is 5.73 Å². The molecule has 1 saturated heterocycles. The maximum atomic E-state index is 6.04. The molecule has 0 aromatic carbocycles. The van der Waals surface area contributed by atoms with Crippen molar-refractivity contribution in [3.05, 3.63) is 23.9 Å². The van der Waals surface area contributed by atoms with Crippen LogP contribution in [0, 0.1) is 0 Å². The lowest BCUT2D eigenvalue weighted by Crippen LogP contribution is -2.29. The monoisotopic (exact) mass is 265 g/mol. The number of hydrogen-bond donors (Lipinski definition) is 1. The molecule has 1 aliphatic heterocycles. The molecule has 0 bridgehead atoms. The molecule has 1 atom stereocenters. The first-order valence-corrected chi connectivity index (χ1v) is 7.57. The quantitative estimate of drug-likeness (QED) is 0.893. The van der Waals surface area contributed by atoms with Crippen LogP contribution >= 0.6 is 11.8 Å². The fourth-order valence-electron chi connectivity index (χ4n) is 2.26. The van der Waals surface area contributed by atoms with Crippen molar-refractivity contribution in [1.29, 1.82) is 0 Å². The van der Waals surface area contributed by atoms with Gasteiger partial charge >= 0.3 is 0 Å². The molecular weight excluding hydrogens is 242 g/mol. The van der Waals surface area contributed by atoms with Crippen LogP contribution in [-0.4, -0.2) is 28.6 Å². The third-order valence-electron chi connectivity index (χ3n) is 3.44. The van der Waals surface area contributed by atoms with Crippen LogP contribution in [0.5, 0.6) is 0 Å². The van der Waals surface area contributed by atoms with Gasteiger partial charge in [-0.25, -0.2) is 4.98 Å². The summed E-state index contributed by atoms with van der Waals surface area (Å²) in [6.45, 7) is 8.80. The molecule has 0 spiro atoms. The van der Waals surface area contributed by atoms with Crippen molar-refractivity contribution in [3.8, 4) is 0 Å². The lowest BCUT2D eigenvalue weighted by molar-refractivity contribution is 0.632. The average molecular weight is 265 g/mol. The zero-order valence-corrected chi connectivity index (χ0v) is 12.3. The van der Waals surface area contributed by atoms with Gasteiger partial charge in [0.05, 0.1) is 0 Å². The predicted molar refractivity (Wildman–Crippen MR) is 80.2 cm³/mol. The van der Waals surface area contributed by atoms with E-state index in [0.717, 1.165) is 30.2 Å². The van der Waals surface area contributed by atoms with Crippen molar-refractivity contribution < 1.29 is 0 Å². The second kappa shape index (κ2) is 5.49. The molecule has 0 aliphatic carbocycles. The predicted octanol–water partition coefficient (Wildman–Crippen LogP) is 2.82. The molecule has 0 saturated carbocycles. The summed E-state index contributed by atoms with van der Waals surface area (Å²) >= 11 is 2.05. The minimum absolute atomic E-state index is 0.0395. The topological polar surface area (TPSA) is 42.1 Å². The molecule has 2 rings (SSSR count). The maximum Gasteiger partial charge on any atom is 0.133 e. The highest BCUT2D eigenvalue weighted by Gasteiger charge is 2.25. The van der Waals surface area contributed by atoms with Crippen molar-refractivity contribution in [2.45, 2.75) is 38.0 Å². The van der Waals surface area contributed by atoms with Gasteiger partial charge in [-0.05, 0) is 19.4 Å². The van der Waals surface area contributed by atoms with Gasteiger partial charge in [0, 0.05) is 41.4 Å². The van der Waals surface area contributed by atoms with Gasteiger partial charge in [0.1, 0.15) is 5.82 Å². The molecule has 18 heavy (non-hydrogen) atoms. The largest absolute Gasteiger partial charge is 0.355 e. The fourth-order valence-corrected chi connectivity index (χ4v) is 3.36. The zero-order valence-electron chi connectivity index (χ0n) is 11.5. The van der Waals surface area contributed by atoms with Gasteiger partial charge in [-0.1, -0.05) is 19.9 Å². The second-order valence-electron chi connectivity index (χ2n) is 5.55. The van der Waals surface area contributed by atoms with Crippen LogP contribution in [0.3, 0.4) is 0 Å². The summed E-state index contributed by atoms with van der Waals surface area (Å²) in [5, 5.41) is 0.